The molecule has 0 bridgehead atoms. The Morgan fingerprint density at radius 1 is 1.47 bits per heavy atom. The van der Waals surface area contributed by atoms with Gasteiger partial charge in [-0.2, -0.15) is 4.31 Å². The first-order valence-corrected chi connectivity index (χ1v) is 7.46. The molecule has 1 unspecified atom stereocenters. The van der Waals surface area contributed by atoms with Gasteiger partial charge < -0.3 is 0 Å². The molecule has 1 fully saturated rings. The number of carbonyl (C=O) groups excluding carboxylic acids is 1. The largest absolute Gasteiger partial charge is 0.300 e. The van der Waals surface area contributed by atoms with E-state index < -0.39 is 15.8 Å². The van der Waals surface area contributed by atoms with Crippen molar-refractivity contribution in [2.24, 2.45) is 5.92 Å². The fourth-order valence-electron chi connectivity index (χ4n) is 2.18. The van der Waals surface area contributed by atoms with Crippen LogP contribution in [0.4, 0.5) is 4.39 Å². The number of sulfonamides is 1. The zero-order valence-corrected chi connectivity index (χ0v) is 11.4. The first-order chi connectivity index (χ1) is 8.91. The molecule has 1 aromatic rings. The molecule has 1 atom stereocenters. The van der Waals surface area contributed by atoms with Crippen molar-refractivity contribution in [1.29, 1.82) is 0 Å². The quantitative estimate of drug-likeness (QED) is 0.837. The third-order valence-electron chi connectivity index (χ3n) is 3.28. The number of carbonyl (C=O) groups is 1. The highest BCUT2D eigenvalue weighted by atomic mass is 32.2. The predicted molar refractivity (Wildman–Crippen MR) is 66.4 cm³/mol. The number of pyridine rings is 1. The standard InChI is InChI=1S/C12H15FN2O3S/c1-9(16)10-3-2-4-15(8-10)19(17,18)12-5-11(13)6-14-7-12/h5-7,10H,2-4,8H2,1H3. The number of hydrogen-bond donors (Lipinski definition) is 0. The highest BCUT2D eigenvalue weighted by Crippen LogP contribution is 2.24. The minimum Gasteiger partial charge on any atom is -0.300 e. The highest BCUT2D eigenvalue weighted by Gasteiger charge is 2.32. The number of piperidine rings is 1. The third-order valence-corrected chi connectivity index (χ3v) is 5.11. The van der Waals surface area contributed by atoms with E-state index in [0.29, 0.717) is 19.4 Å². The van der Waals surface area contributed by atoms with Crippen molar-refractivity contribution >= 4 is 15.8 Å². The van der Waals surface area contributed by atoms with Gasteiger partial charge in [0.2, 0.25) is 10.0 Å². The summed E-state index contributed by atoms with van der Waals surface area (Å²) in [5.74, 6) is -0.983. The van der Waals surface area contributed by atoms with Crippen molar-refractivity contribution in [2.75, 3.05) is 13.1 Å². The average Bonchev–Trinajstić information content (AvgIpc) is 2.39. The molecule has 0 saturated carbocycles. The third kappa shape index (κ3) is 2.98. The van der Waals surface area contributed by atoms with E-state index in [9.17, 15) is 17.6 Å². The summed E-state index contributed by atoms with van der Waals surface area (Å²) in [6.45, 7) is 1.97. The summed E-state index contributed by atoms with van der Waals surface area (Å²) in [6.07, 6.45) is 3.40. The van der Waals surface area contributed by atoms with Crippen LogP contribution in [0.25, 0.3) is 0 Å². The maximum Gasteiger partial charge on any atom is 0.244 e. The van der Waals surface area contributed by atoms with Crippen molar-refractivity contribution < 1.29 is 17.6 Å². The van der Waals surface area contributed by atoms with E-state index in [4.69, 9.17) is 0 Å². The minimum atomic E-state index is -3.77. The van der Waals surface area contributed by atoms with Crippen molar-refractivity contribution in [3.63, 3.8) is 0 Å². The van der Waals surface area contributed by atoms with Gasteiger partial charge in [-0.15, -0.1) is 0 Å². The first kappa shape index (κ1) is 14.1. The van der Waals surface area contributed by atoms with Gasteiger partial charge in [0.1, 0.15) is 16.5 Å². The van der Waals surface area contributed by atoms with Gasteiger partial charge in [-0.25, -0.2) is 12.8 Å². The summed E-state index contributed by atoms with van der Waals surface area (Å²) in [7, 11) is -3.77. The molecule has 0 radical (unpaired) electrons. The maximum atomic E-state index is 13.1. The Hall–Kier alpha value is -1.34. The Labute approximate surface area is 111 Å². The summed E-state index contributed by atoms with van der Waals surface area (Å²) < 4.78 is 38.9. The van der Waals surface area contributed by atoms with Crippen LogP contribution in [0.1, 0.15) is 19.8 Å². The Morgan fingerprint density at radius 3 is 2.84 bits per heavy atom. The van der Waals surface area contributed by atoms with Gasteiger partial charge in [0, 0.05) is 25.2 Å². The predicted octanol–water partition coefficient (Wildman–Crippen LogP) is 1.21. The van der Waals surface area contributed by atoms with Crippen molar-refractivity contribution in [2.45, 2.75) is 24.7 Å². The normalized spacial score (nSPS) is 21.3. The maximum absolute atomic E-state index is 13.1. The second kappa shape index (κ2) is 5.34. The lowest BCUT2D eigenvalue weighted by Gasteiger charge is -2.30. The molecule has 2 rings (SSSR count). The van der Waals surface area contributed by atoms with Crippen molar-refractivity contribution in [1.82, 2.24) is 9.29 Å². The van der Waals surface area contributed by atoms with Crippen LogP contribution in [0.5, 0.6) is 0 Å². The monoisotopic (exact) mass is 286 g/mol. The van der Waals surface area contributed by atoms with Gasteiger partial charge in [0.05, 0.1) is 6.20 Å². The van der Waals surface area contributed by atoms with Crippen molar-refractivity contribution in [3.8, 4) is 0 Å². The van der Waals surface area contributed by atoms with Gasteiger partial charge in [-0.05, 0) is 25.8 Å². The molecular formula is C12H15FN2O3S. The smallest absolute Gasteiger partial charge is 0.244 e. The minimum absolute atomic E-state index is 0.0164. The van der Waals surface area contributed by atoms with Crippen LogP contribution >= 0.6 is 0 Å². The van der Waals surface area contributed by atoms with Crippen LogP contribution in [0, 0.1) is 11.7 Å². The molecule has 1 aliphatic rings. The molecule has 5 nitrogen and oxygen atoms in total. The number of aromatic nitrogens is 1. The van der Waals surface area contributed by atoms with Crippen LogP contribution in [0.15, 0.2) is 23.4 Å². The second-order valence-corrected chi connectivity index (χ2v) is 6.59. The van der Waals surface area contributed by atoms with E-state index in [-0.39, 0.29) is 23.1 Å². The molecule has 19 heavy (non-hydrogen) atoms. The Balaban J connectivity index is 2.27. The van der Waals surface area contributed by atoms with Crippen LogP contribution in [0.3, 0.4) is 0 Å². The highest BCUT2D eigenvalue weighted by molar-refractivity contribution is 7.89. The zero-order chi connectivity index (χ0) is 14.0. The summed E-state index contributed by atoms with van der Waals surface area (Å²) in [5, 5.41) is 0. The number of rotatable bonds is 3. The van der Waals surface area contributed by atoms with E-state index in [0.717, 1.165) is 18.5 Å². The number of nitrogens with zero attached hydrogens (tertiary/aromatic N) is 2. The number of Topliss-reactive ketones (excluding diaryl/α,β-unsaturated/α-hetero) is 1. The van der Waals surface area contributed by atoms with E-state index in [1.165, 1.54) is 11.2 Å². The molecule has 0 N–H and O–H groups in total. The topological polar surface area (TPSA) is 67.3 Å². The fraction of sp³-hybridized carbons (Fsp3) is 0.500. The molecule has 1 aromatic heterocycles. The van der Waals surface area contributed by atoms with Crippen LogP contribution in [-0.4, -0.2) is 36.6 Å². The summed E-state index contributed by atoms with van der Waals surface area (Å²) >= 11 is 0. The van der Waals surface area contributed by atoms with Gasteiger partial charge in [0.15, 0.2) is 0 Å². The molecule has 0 aliphatic carbocycles. The molecular weight excluding hydrogens is 271 g/mol. The molecule has 7 heteroatoms. The Bertz CT molecular complexity index is 588. The van der Waals surface area contributed by atoms with Crippen LogP contribution < -0.4 is 0 Å². The molecule has 0 amide bonds. The lowest BCUT2D eigenvalue weighted by atomic mass is 9.96. The van der Waals surface area contributed by atoms with Gasteiger partial charge in [-0.1, -0.05) is 0 Å². The molecule has 0 spiro atoms. The molecule has 104 valence electrons. The van der Waals surface area contributed by atoms with Crippen molar-refractivity contribution in [3.05, 3.63) is 24.3 Å². The average molecular weight is 286 g/mol. The second-order valence-electron chi connectivity index (χ2n) is 4.65. The number of ketones is 1. The lowest BCUT2D eigenvalue weighted by Crippen LogP contribution is -2.41. The van der Waals surface area contributed by atoms with E-state index >= 15 is 0 Å². The van der Waals surface area contributed by atoms with Crippen LogP contribution in [0.2, 0.25) is 0 Å². The molecule has 2 heterocycles. The molecule has 0 aromatic carbocycles. The number of halogens is 1. The molecule has 1 aliphatic heterocycles. The summed E-state index contributed by atoms with van der Waals surface area (Å²) in [6, 6.07) is 0.944. The fourth-order valence-corrected chi connectivity index (χ4v) is 3.67. The first-order valence-electron chi connectivity index (χ1n) is 6.02. The van der Waals surface area contributed by atoms with E-state index in [2.05, 4.69) is 4.98 Å². The van der Waals surface area contributed by atoms with E-state index in [1.54, 1.807) is 0 Å². The van der Waals surface area contributed by atoms with Gasteiger partial charge >= 0.3 is 0 Å². The van der Waals surface area contributed by atoms with E-state index in [1.807, 2.05) is 0 Å². The lowest BCUT2D eigenvalue weighted by molar-refractivity contribution is -0.121. The Morgan fingerprint density at radius 2 is 2.21 bits per heavy atom. The number of hydrogen-bond acceptors (Lipinski definition) is 4. The van der Waals surface area contributed by atoms with Gasteiger partial charge in [-0.3, -0.25) is 9.78 Å². The zero-order valence-electron chi connectivity index (χ0n) is 10.5. The summed E-state index contributed by atoms with van der Waals surface area (Å²) in [5.41, 5.74) is 0. The SMILES string of the molecule is CC(=O)C1CCCN(S(=O)(=O)c2cncc(F)c2)C1. The Kier molecular flexibility index (Phi) is 3.96. The summed E-state index contributed by atoms with van der Waals surface area (Å²) in [4.78, 5) is 14.8. The van der Waals surface area contributed by atoms with Gasteiger partial charge in [0.25, 0.3) is 0 Å². The van der Waals surface area contributed by atoms with Crippen LogP contribution in [-0.2, 0) is 14.8 Å². The molecule has 1 saturated heterocycles.